The highest BCUT2D eigenvalue weighted by atomic mass is 16.6. The van der Waals surface area contributed by atoms with Crippen LogP contribution in [0.25, 0.3) is 0 Å². The number of hydrogen-bond donors (Lipinski definition) is 16. The predicted octanol–water partition coefficient (Wildman–Crippen LogP) is -7.35. The lowest BCUT2D eigenvalue weighted by atomic mass is 9.90. The summed E-state index contributed by atoms with van der Waals surface area (Å²) in [6.07, 6.45) is -10.3. The molecule has 3 fully saturated rings. The molecule has 92 heavy (non-hydrogen) atoms. The maximum atomic E-state index is 12.6. The monoisotopic (exact) mass is 1330 g/mol. The van der Waals surface area contributed by atoms with Gasteiger partial charge in [-0.2, -0.15) is 0 Å². The van der Waals surface area contributed by atoms with E-state index >= 15 is 0 Å². The van der Waals surface area contributed by atoms with Crippen molar-refractivity contribution < 1.29 is 132 Å². The first-order chi connectivity index (χ1) is 44.1. The van der Waals surface area contributed by atoms with Crippen molar-refractivity contribution in [1.82, 2.24) is 31.9 Å². The van der Waals surface area contributed by atoms with E-state index in [2.05, 4.69) is 31.9 Å². The minimum Gasteiger partial charge on any atom is -0.394 e. The number of carbonyl (C=O) groups excluding carboxylic acids is 6. The smallest absolute Gasteiger partial charge is 0.222 e. The molecular formula is C58H107N7O27. The molecule has 3 rings (SSSR count). The number of nitrogens with two attached hydrogens (primary N) is 1. The van der Waals surface area contributed by atoms with Crippen LogP contribution in [0.1, 0.15) is 78.6 Å². The van der Waals surface area contributed by atoms with Crippen LogP contribution in [0, 0.1) is 0 Å². The maximum Gasteiger partial charge on any atom is 0.222 e. The van der Waals surface area contributed by atoms with Crippen LogP contribution in [0.2, 0.25) is 0 Å². The third kappa shape index (κ3) is 33.1. The van der Waals surface area contributed by atoms with Gasteiger partial charge in [-0.15, -0.1) is 0 Å². The van der Waals surface area contributed by atoms with E-state index in [0.29, 0.717) is 58.3 Å². The zero-order valence-corrected chi connectivity index (χ0v) is 53.4. The Morgan fingerprint density at radius 1 is 0.359 bits per heavy atom. The Morgan fingerprint density at radius 3 is 0.848 bits per heavy atom. The Bertz CT molecular complexity index is 1830. The lowest BCUT2D eigenvalue weighted by molar-refractivity contribution is -0.197. The number of aliphatic hydroxyl groups excluding tert-OH is 9. The fourth-order valence-electron chi connectivity index (χ4n) is 10.2. The molecule has 536 valence electrons. The molecule has 17 N–H and O–H groups in total. The number of nitrogens with one attached hydrogen (secondary N) is 6. The van der Waals surface area contributed by atoms with Gasteiger partial charge in [-0.3, -0.25) is 28.8 Å². The molecule has 6 amide bonds. The van der Waals surface area contributed by atoms with Gasteiger partial charge in [0, 0.05) is 79.5 Å². The summed E-state index contributed by atoms with van der Waals surface area (Å²) in [5, 5.41) is 107. The molecule has 34 heteroatoms. The van der Waals surface area contributed by atoms with Crippen LogP contribution < -0.4 is 37.6 Å². The summed E-state index contributed by atoms with van der Waals surface area (Å²) >= 11 is 0. The van der Waals surface area contributed by atoms with E-state index in [4.69, 9.17) is 62.6 Å². The Morgan fingerprint density at radius 2 is 0.609 bits per heavy atom. The van der Waals surface area contributed by atoms with Gasteiger partial charge in [-0.25, -0.2) is 0 Å². The van der Waals surface area contributed by atoms with E-state index < -0.39 is 134 Å². The first kappa shape index (κ1) is 82.2. The van der Waals surface area contributed by atoms with E-state index in [1.54, 1.807) is 0 Å². The minimum atomic E-state index is -1.36. The Hall–Kier alpha value is -4.06. The first-order valence-electron chi connectivity index (χ1n) is 31.6. The highest BCUT2D eigenvalue weighted by molar-refractivity contribution is 5.77. The highest BCUT2D eigenvalue weighted by Crippen LogP contribution is 2.27. The fourth-order valence-corrected chi connectivity index (χ4v) is 10.2. The van der Waals surface area contributed by atoms with E-state index in [1.165, 1.54) is 20.8 Å². The van der Waals surface area contributed by atoms with Gasteiger partial charge in [0.25, 0.3) is 0 Å². The van der Waals surface area contributed by atoms with Gasteiger partial charge in [-0.05, 0) is 38.5 Å². The van der Waals surface area contributed by atoms with Gasteiger partial charge in [-0.1, -0.05) is 0 Å². The largest absolute Gasteiger partial charge is 0.394 e. The van der Waals surface area contributed by atoms with Crippen LogP contribution in [0.4, 0.5) is 0 Å². The number of ether oxygens (including phenoxy) is 12. The molecule has 3 saturated heterocycles. The van der Waals surface area contributed by atoms with Crippen molar-refractivity contribution in [3.8, 4) is 0 Å². The first-order valence-corrected chi connectivity index (χ1v) is 31.6. The molecule has 3 aliphatic heterocycles. The average molecular weight is 1330 g/mol. The third-order valence-electron chi connectivity index (χ3n) is 14.9. The van der Waals surface area contributed by atoms with Crippen LogP contribution in [0.15, 0.2) is 0 Å². The number of carbonyl (C=O) groups is 6. The molecule has 34 nitrogen and oxygen atoms in total. The number of rotatable bonds is 51. The fraction of sp³-hybridized carbons (Fsp3) is 0.897. The SMILES string of the molecule is CC(=O)N[C@@H]1[C@@H](O)[C@@H](O)[C@@H](CO)O[C@@H]1CCCOCCOCCNC(=O)CCOCC(N)(COCCC(=O)NCCOCCOCCC[C@H]1O[C@H](CO)[C@H](O)[C@H](O)[C@H]1NC(C)=O)COCCC(=O)NCCOCCOCCC[C@H]1O[C@H](CO)[C@H](O)[C@H](O)[C@H]1NC(C)=O. The normalized spacial score (nSPS) is 26.6. The van der Waals surface area contributed by atoms with Crippen molar-refractivity contribution in [2.24, 2.45) is 5.73 Å². The van der Waals surface area contributed by atoms with Crippen LogP contribution in [0.5, 0.6) is 0 Å². The summed E-state index contributed by atoms with van der Waals surface area (Å²) in [6, 6.07) is -2.56. The predicted molar refractivity (Wildman–Crippen MR) is 321 cm³/mol. The summed E-state index contributed by atoms with van der Waals surface area (Å²) < 4.78 is 68.1. The molecule has 0 aliphatic carbocycles. The van der Waals surface area contributed by atoms with Gasteiger partial charge >= 0.3 is 0 Å². The quantitative estimate of drug-likeness (QED) is 0.0252. The Balaban J connectivity index is 1.31. The van der Waals surface area contributed by atoms with Crippen LogP contribution in [-0.4, -0.2) is 337 Å². The Kier molecular flexibility index (Phi) is 42.7. The number of aliphatic hydroxyl groups is 9. The van der Waals surface area contributed by atoms with Gasteiger partial charge in [0.1, 0.15) is 54.9 Å². The second-order valence-electron chi connectivity index (χ2n) is 22.7. The van der Waals surface area contributed by atoms with E-state index in [0.717, 1.165) is 0 Å². The standard InChI is InChI=1S/C58H107N7O27/c1-37(69)63-49-40(90-43(31-66)52(75)55(49)78)7-4-16-81-25-28-84-22-13-60-46(72)10-19-87-34-58(59,35-88-20-11-47(73)61-14-23-85-29-26-82-17-5-8-41-50(64-38(2)70)56(79)53(76)44(32-67)91-41)36-89-21-12-48(74)62-15-24-86-30-27-83-18-6-9-42-51(65-39(3)71)57(80)54(77)45(33-68)92-42/h40-45,49-57,66-68,75-80H,4-36,59H2,1-3H3,(H,60,72)(H,61,73)(H,62,74)(H,63,69)(H,64,70)(H,65,71)/t40-,41-,42-,43-,44-,45-,49+,50+,51+,52+,53+,54+,55-,56-,57-/m1/s1. The zero-order chi connectivity index (χ0) is 67.7. The van der Waals surface area contributed by atoms with Crippen molar-refractivity contribution in [1.29, 1.82) is 0 Å². The summed E-state index contributed by atoms with van der Waals surface area (Å²) in [7, 11) is 0. The van der Waals surface area contributed by atoms with Crippen LogP contribution >= 0.6 is 0 Å². The minimum absolute atomic E-state index is 0.00558. The second kappa shape index (κ2) is 47.8. The molecule has 3 aliphatic rings. The summed E-state index contributed by atoms with van der Waals surface area (Å²) in [6.45, 7) is 5.75. The topological polar surface area (TPSA) is 493 Å². The van der Waals surface area contributed by atoms with Gasteiger partial charge in [0.15, 0.2) is 0 Å². The Labute approximate surface area is 537 Å². The third-order valence-corrected chi connectivity index (χ3v) is 14.9. The zero-order valence-electron chi connectivity index (χ0n) is 53.4. The molecule has 0 spiro atoms. The average Bonchev–Trinajstić information content (AvgIpc) is 0.945. The summed E-state index contributed by atoms with van der Waals surface area (Å²) in [5.74, 6) is -2.12. The molecule has 0 bridgehead atoms. The molecule has 3 heterocycles. The lowest BCUT2D eigenvalue weighted by Gasteiger charge is -2.42. The van der Waals surface area contributed by atoms with Gasteiger partial charge in [0.2, 0.25) is 35.4 Å². The molecular weight excluding hydrogens is 1230 g/mol. The molecule has 0 radical (unpaired) electrons. The molecule has 0 aromatic heterocycles. The number of hydrogen-bond acceptors (Lipinski definition) is 28. The molecule has 15 atom stereocenters. The van der Waals surface area contributed by atoms with Crippen LogP contribution in [-0.2, 0) is 85.6 Å². The second-order valence-corrected chi connectivity index (χ2v) is 22.7. The summed E-state index contributed by atoms with van der Waals surface area (Å²) in [5.41, 5.74) is 5.43. The summed E-state index contributed by atoms with van der Waals surface area (Å²) in [4.78, 5) is 72.8. The van der Waals surface area contributed by atoms with Crippen molar-refractivity contribution >= 4 is 35.4 Å². The van der Waals surface area contributed by atoms with Crippen molar-refractivity contribution in [3.63, 3.8) is 0 Å². The lowest BCUT2D eigenvalue weighted by Crippen LogP contribution is -2.63. The molecule has 0 unspecified atom stereocenters. The van der Waals surface area contributed by atoms with E-state index in [1.807, 2.05) is 0 Å². The number of amides is 6. The van der Waals surface area contributed by atoms with Crippen molar-refractivity contribution in [2.75, 3.05) is 158 Å². The van der Waals surface area contributed by atoms with E-state index in [9.17, 15) is 74.7 Å². The van der Waals surface area contributed by atoms with Gasteiger partial charge in [0.05, 0.1) is 161 Å². The molecule has 0 aromatic carbocycles. The molecule has 0 aromatic rings. The van der Waals surface area contributed by atoms with Crippen molar-refractivity contribution in [3.05, 3.63) is 0 Å². The van der Waals surface area contributed by atoms with E-state index in [-0.39, 0.29) is 156 Å². The maximum absolute atomic E-state index is 12.6. The van der Waals surface area contributed by atoms with Gasteiger partial charge < -0.3 is 140 Å². The van der Waals surface area contributed by atoms with Crippen LogP contribution in [0.3, 0.4) is 0 Å². The highest BCUT2D eigenvalue weighted by Gasteiger charge is 2.47. The van der Waals surface area contributed by atoms with Crippen molar-refractivity contribution in [2.45, 2.75) is 175 Å². The molecule has 0 saturated carbocycles.